The molecule has 0 radical (unpaired) electrons. The molecule has 0 amide bonds. The highest BCUT2D eigenvalue weighted by molar-refractivity contribution is 6.30. The summed E-state index contributed by atoms with van der Waals surface area (Å²) in [5.74, 6) is 1.33. The van der Waals surface area contributed by atoms with Crippen LogP contribution in [-0.4, -0.2) is 4.98 Å². The van der Waals surface area contributed by atoms with Crippen molar-refractivity contribution < 1.29 is 4.74 Å². The van der Waals surface area contributed by atoms with Gasteiger partial charge in [0, 0.05) is 11.8 Å². The highest BCUT2D eigenvalue weighted by Crippen LogP contribution is 2.24. The molecule has 0 saturated heterocycles. The van der Waals surface area contributed by atoms with Gasteiger partial charge in [-0.2, -0.15) is 0 Å². The zero-order chi connectivity index (χ0) is 11.5. The third kappa shape index (κ3) is 2.44. The predicted octanol–water partition coefficient (Wildman–Crippen LogP) is 3.42. The summed E-state index contributed by atoms with van der Waals surface area (Å²) in [6.07, 6.45) is 1.58. The molecule has 2 aromatic rings. The van der Waals surface area contributed by atoms with Crippen molar-refractivity contribution in [2.24, 2.45) is 0 Å². The first-order valence-electron chi connectivity index (χ1n) is 4.81. The highest BCUT2D eigenvalue weighted by Gasteiger charge is 2.01. The van der Waals surface area contributed by atoms with E-state index in [0.717, 1.165) is 5.56 Å². The number of hydrogen-bond donors (Lipinski definition) is 1. The summed E-state index contributed by atoms with van der Waals surface area (Å²) in [6, 6.07) is 9.06. The van der Waals surface area contributed by atoms with Crippen LogP contribution in [0.15, 0.2) is 36.5 Å². The Morgan fingerprint density at radius 1 is 1.25 bits per heavy atom. The van der Waals surface area contributed by atoms with Crippen LogP contribution < -0.4 is 10.5 Å². The number of pyridine rings is 1. The zero-order valence-corrected chi connectivity index (χ0v) is 9.53. The molecule has 0 spiro atoms. The smallest absolute Gasteiger partial charge is 0.146 e. The van der Waals surface area contributed by atoms with Gasteiger partial charge in [-0.15, -0.1) is 0 Å². The molecule has 0 unspecified atom stereocenters. The van der Waals surface area contributed by atoms with E-state index in [2.05, 4.69) is 4.98 Å². The van der Waals surface area contributed by atoms with Crippen LogP contribution in [0.2, 0.25) is 5.15 Å². The summed E-state index contributed by atoms with van der Waals surface area (Å²) in [6.45, 7) is 1.88. The van der Waals surface area contributed by atoms with E-state index < -0.39 is 0 Å². The van der Waals surface area contributed by atoms with Crippen LogP contribution in [0.4, 0.5) is 5.69 Å². The fourth-order valence-electron chi connectivity index (χ4n) is 1.30. The molecule has 0 atom stereocenters. The predicted molar refractivity (Wildman–Crippen MR) is 64.9 cm³/mol. The SMILES string of the molecule is Cc1cc(Oc2cccc(N)c2)cnc1Cl. The van der Waals surface area contributed by atoms with Gasteiger partial charge in [0.05, 0.1) is 6.20 Å². The van der Waals surface area contributed by atoms with Crippen LogP contribution >= 0.6 is 11.6 Å². The number of rotatable bonds is 2. The summed E-state index contributed by atoms with van der Waals surface area (Å²) in [5.41, 5.74) is 7.19. The Morgan fingerprint density at radius 3 is 2.75 bits per heavy atom. The van der Waals surface area contributed by atoms with E-state index in [1.807, 2.05) is 25.1 Å². The van der Waals surface area contributed by atoms with Gasteiger partial charge < -0.3 is 10.5 Å². The van der Waals surface area contributed by atoms with Crippen LogP contribution in [0.1, 0.15) is 5.56 Å². The van der Waals surface area contributed by atoms with Crippen molar-refractivity contribution in [1.29, 1.82) is 0 Å². The quantitative estimate of drug-likeness (QED) is 0.640. The van der Waals surface area contributed by atoms with Crippen LogP contribution in [-0.2, 0) is 0 Å². The molecule has 1 aromatic carbocycles. The average molecular weight is 235 g/mol. The van der Waals surface area contributed by atoms with Crippen molar-refractivity contribution in [3.05, 3.63) is 47.2 Å². The van der Waals surface area contributed by atoms with Crippen LogP contribution in [0, 0.1) is 6.92 Å². The molecular weight excluding hydrogens is 224 g/mol. The van der Waals surface area contributed by atoms with Gasteiger partial charge in [0.1, 0.15) is 16.7 Å². The Hall–Kier alpha value is -1.74. The second-order valence-corrected chi connectivity index (χ2v) is 3.81. The lowest BCUT2D eigenvalue weighted by atomic mass is 10.3. The molecule has 0 bridgehead atoms. The molecule has 0 aliphatic rings. The number of aromatic nitrogens is 1. The third-order valence-corrected chi connectivity index (χ3v) is 2.48. The van der Waals surface area contributed by atoms with E-state index in [-0.39, 0.29) is 0 Å². The third-order valence-electron chi connectivity index (χ3n) is 2.08. The largest absolute Gasteiger partial charge is 0.456 e. The van der Waals surface area contributed by atoms with E-state index in [1.54, 1.807) is 18.3 Å². The molecule has 0 aliphatic heterocycles. The minimum Gasteiger partial charge on any atom is -0.456 e. The van der Waals surface area contributed by atoms with E-state index in [9.17, 15) is 0 Å². The standard InChI is InChI=1S/C12H11ClN2O/c1-8-5-11(7-15-12(8)13)16-10-4-2-3-9(14)6-10/h2-7H,14H2,1H3. The zero-order valence-electron chi connectivity index (χ0n) is 8.77. The van der Waals surface area contributed by atoms with Crippen molar-refractivity contribution >= 4 is 17.3 Å². The Kier molecular flexibility index (Phi) is 2.97. The maximum absolute atomic E-state index is 5.82. The van der Waals surface area contributed by atoms with Gasteiger partial charge in [-0.3, -0.25) is 0 Å². The van der Waals surface area contributed by atoms with Gasteiger partial charge in [0.15, 0.2) is 0 Å². The average Bonchev–Trinajstić information content (AvgIpc) is 2.24. The normalized spacial score (nSPS) is 10.1. The molecular formula is C12H11ClN2O. The number of hydrogen-bond acceptors (Lipinski definition) is 3. The maximum atomic E-state index is 5.82. The van der Waals surface area contributed by atoms with E-state index >= 15 is 0 Å². The summed E-state index contributed by atoms with van der Waals surface area (Å²) in [5, 5.41) is 0.486. The Labute approximate surface area is 98.8 Å². The molecule has 2 N–H and O–H groups in total. The number of nitrogens with zero attached hydrogens (tertiary/aromatic N) is 1. The number of aryl methyl sites for hydroxylation is 1. The topological polar surface area (TPSA) is 48.1 Å². The van der Waals surface area contributed by atoms with Crippen LogP contribution in [0.3, 0.4) is 0 Å². The molecule has 1 heterocycles. The highest BCUT2D eigenvalue weighted by atomic mass is 35.5. The summed E-state index contributed by atoms with van der Waals surface area (Å²) in [4.78, 5) is 4.01. The monoisotopic (exact) mass is 234 g/mol. The van der Waals surface area contributed by atoms with Crippen molar-refractivity contribution in [3.8, 4) is 11.5 Å². The molecule has 0 aliphatic carbocycles. The Morgan fingerprint density at radius 2 is 2.06 bits per heavy atom. The number of halogens is 1. The van der Waals surface area contributed by atoms with Crippen molar-refractivity contribution in [2.45, 2.75) is 6.92 Å². The number of ether oxygens (including phenoxy) is 1. The lowest BCUT2D eigenvalue weighted by molar-refractivity contribution is 0.480. The number of nitrogen functional groups attached to an aromatic ring is 1. The minimum atomic E-state index is 0.486. The molecule has 0 saturated carbocycles. The van der Waals surface area contributed by atoms with Crippen LogP contribution in [0.25, 0.3) is 0 Å². The molecule has 0 fully saturated rings. The number of anilines is 1. The summed E-state index contributed by atoms with van der Waals surface area (Å²) >= 11 is 5.82. The molecule has 82 valence electrons. The Bertz CT molecular complexity index is 514. The second-order valence-electron chi connectivity index (χ2n) is 3.45. The fraction of sp³-hybridized carbons (Fsp3) is 0.0833. The van der Waals surface area contributed by atoms with Crippen LogP contribution in [0.5, 0.6) is 11.5 Å². The lowest BCUT2D eigenvalue weighted by Gasteiger charge is -2.06. The van der Waals surface area contributed by atoms with Gasteiger partial charge >= 0.3 is 0 Å². The van der Waals surface area contributed by atoms with E-state index in [4.69, 9.17) is 22.1 Å². The molecule has 4 heteroatoms. The summed E-state index contributed by atoms with van der Waals surface area (Å²) < 4.78 is 5.59. The maximum Gasteiger partial charge on any atom is 0.146 e. The second kappa shape index (κ2) is 4.41. The van der Waals surface area contributed by atoms with E-state index in [1.165, 1.54) is 0 Å². The fourth-order valence-corrected chi connectivity index (χ4v) is 1.41. The lowest BCUT2D eigenvalue weighted by Crippen LogP contribution is -1.89. The Balaban J connectivity index is 2.24. The molecule has 16 heavy (non-hydrogen) atoms. The van der Waals surface area contributed by atoms with Gasteiger partial charge in [-0.25, -0.2) is 4.98 Å². The number of nitrogens with two attached hydrogens (primary N) is 1. The van der Waals surface area contributed by atoms with Crippen molar-refractivity contribution in [3.63, 3.8) is 0 Å². The van der Waals surface area contributed by atoms with Gasteiger partial charge in [0.2, 0.25) is 0 Å². The van der Waals surface area contributed by atoms with Crippen molar-refractivity contribution in [2.75, 3.05) is 5.73 Å². The molecule has 1 aromatic heterocycles. The molecule has 3 nitrogen and oxygen atoms in total. The van der Waals surface area contributed by atoms with Crippen molar-refractivity contribution in [1.82, 2.24) is 4.98 Å². The first-order chi connectivity index (χ1) is 7.65. The number of benzene rings is 1. The first kappa shape index (κ1) is 10.8. The summed E-state index contributed by atoms with van der Waals surface area (Å²) in [7, 11) is 0. The van der Waals surface area contributed by atoms with Gasteiger partial charge in [-0.05, 0) is 30.7 Å². The minimum absolute atomic E-state index is 0.486. The van der Waals surface area contributed by atoms with Gasteiger partial charge in [-0.1, -0.05) is 17.7 Å². The van der Waals surface area contributed by atoms with E-state index in [0.29, 0.717) is 22.3 Å². The van der Waals surface area contributed by atoms with Gasteiger partial charge in [0.25, 0.3) is 0 Å². The first-order valence-corrected chi connectivity index (χ1v) is 5.18. The molecule has 2 rings (SSSR count).